The van der Waals surface area contributed by atoms with Gasteiger partial charge < -0.3 is 29.3 Å². The van der Waals surface area contributed by atoms with Crippen LogP contribution in [0.2, 0.25) is 0 Å². The summed E-state index contributed by atoms with van der Waals surface area (Å²) < 4.78 is 12.8. The Morgan fingerprint density at radius 1 is 1.09 bits per heavy atom. The number of nitrogens with one attached hydrogen (secondary N) is 1. The van der Waals surface area contributed by atoms with Gasteiger partial charge in [0.05, 0.1) is 18.9 Å². The number of nitrogens with zero attached hydrogens (tertiary/aromatic N) is 3. The fraction of sp³-hybridized carbons (Fsp3) is 0.400. The minimum absolute atomic E-state index is 0. The van der Waals surface area contributed by atoms with Gasteiger partial charge in [0.25, 0.3) is 0 Å². The van der Waals surface area contributed by atoms with Gasteiger partial charge in [0.15, 0.2) is 0 Å². The molecule has 170 valence electrons. The van der Waals surface area contributed by atoms with Crippen molar-refractivity contribution in [1.29, 1.82) is 0 Å². The van der Waals surface area contributed by atoms with Crippen LogP contribution in [-0.2, 0) is 28.1 Å². The summed E-state index contributed by atoms with van der Waals surface area (Å²) in [4.78, 5) is 13.6. The van der Waals surface area contributed by atoms with Crippen LogP contribution in [0.3, 0.4) is 0 Å². The van der Waals surface area contributed by atoms with E-state index < -0.39 is 0 Å². The number of aryl methyl sites for hydroxylation is 1. The van der Waals surface area contributed by atoms with E-state index in [1.165, 1.54) is 11.1 Å². The Balaban J connectivity index is 0.00000306. The van der Waals surface area contributed by atoms with E-state index >= 15 is 0 Å². The molecular formula is C25H31KN4O3. The Morgan fingerprint density at radius 3 is 2.58 bits per heavy atom. The van der Waals surface area contributed by atoms with Crippen LogP contribution in [0.1, 0.15) is 50.0 Å². The van der Waals surface area contributed by atoms with Crippen LogP contribution in [0, 0.1) is 0 Å². The molecule has 4 rings (SSSR count). The average Bonchev–Trinajstić information content (AvgIpc) is 3.41. The smallest absolute Gasteiger partial charge is 0.560 e. The molecule has 0 spiro atoms. The number of fused-ring (bicyclic) bond motifs is 1. The van der Waals surface area contributed by atoms with Crippen molar-refractivity contribution in [2.45, 2.75) is 45.8 Å². The first-order valence-electron chi connectivity index (χ1n) is 10.9. The van der Waals surface area contributed by atoms with Gasteiger partial charge in [-0.2, -0.15) is 0 Å². The number of H-pyrrole nitrogens is 1. The number of aromatic nitrogens is 3. The van der Waals surface area contributed by atoms with Crippen LogP contribution in [0.25, 0.3) is 17.1 Å². The average molecular weight is 475 g/mol. The Morgan fingerprint density at radius 2 is 1.88 bits per heavy atom. The molecular weight excluding hydrogens is 443 g/mol. The zero-order chi connectivity index (χ0) is 22.6. The number of imidazole rings is 1. The topological polar surface area (TPSA) is 75.4 Å². The molecule has 0 aliphatic heterocycles. The molecule has 1 N–H and O–H groups in total. The molecule has 0 atom stereocenters. The number of hydrogen-bond donors (Lipinski definition) is 1. The standard InChI is InChI=1S/C25H31N4O3.K/c1-25(2,3)29-12-11-20(16-29)28-32-17-24-26-22-10-7-19(15-23(22)27-24)18-5-8-21(9-6-18)31-14-13-30-4;/h5-6,8-9,11-12,15-16H,7,10,13-14,17H2,1-4H3,(H,26,27);/q-1;+1. The third kappa shape index (κ3) is 7.05. The summed E-state index contributed by atoms with van der Waals surface area (Å²) in [6, 6.07) is 10.1. The molecule has 33 heavy (non-hydrogen) atoms. The Bertz CT molecular complexity index is 1060. The van der Waals surface area contributed by atoms with Crippen molar-refractivity contribution in [2.75, 3.05) is 20.3 Å². The van der Waals surface area contributed by atoms with E-state index in [2.05, 4.69) is 54.0 Å². The van der Waals surface area contributed by atoms with E-state index in [1.807, 2.05) is 30.6 Å². The van der Waals surface area contributed by atoms with Crippen molar-refractivity contribution in [2.24, 2.45) is 0 Å². The molecule has 2 aromatic heterocycles. The van der Waals surface area contributed by atoms with Crippen molar-refractivity contribution < 1.29 is 65.7 Å². The fourth-order valence-electron chi connectivity index (χ4n) is 3.61. The maximum absolute atomic E-state index is 5.65. The summed E-state index contributed by atoms with van der Waals surface area (Å²) >= 11 is 0. The molecule has 0 radical (unpaired) electrons. The first kappa shape index (κ1) is 26.2. The molecule has 1 aliphatic rings. The molecule has 0 unspecified atom stereocenters. The summed E-state index contributed by atoms with van der Waals surface area (Å²) in [6.45, 7) is 7.89. The van der Waals surface area contributed by atoms with Crippen LogP contribution < -0.4 is 56.1 Å². The van der Waals surface area contributed by atoms with Gasteiger partial charge in [-0.1, -0.05) is 18.2 Å². The quantitative estimate of drug-likeness (QED) is 0.294. The molecule has 0 saturated heterocycles. The zero-order valence-electron chi connectivity index (χ0n) is 20.2. The number of ether oxygens (including phenoxy) is 2. The number of allylic oxidation sites excluding steroid dienone is 1. The number of rotatable bonds is 9. The maximum atomic E-state index is 5.65. The monoisotopic (exact) mass is 474 g/mol. The van der Waals surface area contributed by atoms with Gasteiger partial charge in [-0.05, 0) is 69.2 Å². The van der Waals surface area contributed by atoms with E-state index in [1.54, 1.807) is 7.11 Å². The van der Waals surface area contributed by atoms with E-state index in [-0.39, 0.29) is 56.9 Å². The van der Waals surface area contributed by atoms with E-state index in [0.717, 1.165) is 41.5 Å². The number of hydrogen-bond acceptors (Lipinski definition) is 4. The molecule has 1 aliphatic carbocycles. The van der Waals surface area contributed by atoms with E-state index in [9.17, 15) is 0 Å². The summed E-state index contributed by atoms with van der Waals surface area (Å²) in [5.41, 5.74) is 9.63. The largest absolute Gasteiger partial charge is 1.00 e. The number of methoxy groups -OCH3 is 1. The normalized spacial score (nSPS) is 13.2. The van der Waals surface area contributed by atoms with Crippen LogP contribution in [0.15, 0.2) is 42.7 Å². The number of aromatic amines is 1. The van der Waals surface area contributed by atoms with Crippen LogP contribution in [-0.4, -0.2) is 34.9 Å². The van der Waals surface area contributed by atoms with Gasteiger partial charge in [-0.3, -0.25) is 0 Å². The van der Waals surface area contributed by atoms with Crippen molar-refractivity contribution in [3.05, 3.63) is 71.0 Å². The third-order valence-electron chi connectivity index (χ3n) is 5.42. The molecule has 2 heterocycles. The van der Waals surface area contributed by atoms with Crippen molar-refractivity contribution in [3.63, 3.8) is 0 Å². The predicted molar refractivity (Wildman–Crippen MR) is 126 cm³/mol. The maximum Gasteiger partial charge on any atom is 1.00 e. The van der Waals surface area contributed by atoms with Gasteiger partial charge in [-0.15, -0.1) is 5.69 Å². The van der Waals surface area contributed by atoms with Crippen molar-refractivity contribution in [3.8, 4) is 5.75 Å². The molecule has 3 aromatic rings. The van der Waals surface area contributed by atoms with Gasteiger partial charge >= 0.3 is 51.4 Å². The van der Waals surface area contributed by atoms with Gasteiger partial charge in [0, 0.05) is 24.5 Å². The Kier molecular flexibility index (Phi) is 9.40. The summed E-state index contributed by atoms with van der Waals surface area (Å²) in [5, 5.41) is 0. The van der Waals surface area contributed by atoms with Crippen LogP contribution >= 0.6 is 0 Å². The van der Waals surface area contributed by atoms with E-state index in [4.69, 9.17) is 19.3 Å². The molecule has 7 nitrogen and oxygen atoms in total. The summed E-state index contributed by atoms with van der Waals surface area (Å²) in [6.07, 6.45) is 8.03. The van der Waals surface area contributed by atoms with Crippen LogP contribution in [0.5, 0.6) is 5.75 Å². The second-order valence-electron chi connectivity index (χ2n) is 8.90. The van der Waals surface area contributed by atoms with Gasteiger partial charge in [0.1, 0.15) is 18.2 Å². The fourth-order valence-corrected chi connectivity index (χ4v) is 3.61. The van der Waals surface area contributed by atoms with Gasteiger partial charge in [-0.25, -0.2) is 4.98 Å². The van der Waals surface area contributed by atoms with Crippen molar-refractivity contribution in [1.82, 2.24) is 14.5 Å². The van der Waals surface area contributed by atoms with Crippen LogP contribution in [0.4, 0.5) is 5.69 Å². The second-order valence-corrected chi connectivity index (χ2v) is 8.90. The minimum atomic E-state index is 0. The van der Waals surface area contributed by atoms with Crippen molar-refractivity contribution >= 4 is 17.3 Å². The predicted octanol–water partition coefficient (Wildman–Crippen LogP) is 2.62. The Labute approximate surface area is 238 Å². The molecule has 0 amide bonds. The molecule has 8 heteroatoms. The Hall–Kier alpha value is -1.39. The third-order valence-corrected chi connectivity index (χ3v) is 5.42. The second kappa shape index (κ2) is 11.8. The zero-order valence-corrected chi connectivity index (χ0v) is 23.3. The molecule has 0 saturated carbocycles. The van der Waals surface area contributed by atoms with E-state index in [0.29, 0.717) is 19.8 Å². The number of benzene rings is 1. The summed E-state index contributed by atoms with van der Waals surface area (Å²) in [7, 11) is 1.67. The molecule has 0 fully saturated rings. The van der Waals surface area contributed by atoms with Gasteiger partial charge in [0.2, 0.25) is 0 Å². The first-order valence-corrected chi connectivity index (χ1v) is 10.9. The first-order chi connectivity index (χ1) is 15.4. The minimum Gasteiger partial charge on any atom is -0.560 e. The SMILES string of the molecule is COCCOc1ccc(C2=Cc3nc(CO[N-]c4ccn(C(C)(C)C)c4)[nH]c3CC2)cc1.[K+]. The molecule has 1 aromatic carbocycles. The summed E-state index contributed by atoms with van der Waals surface area (Å²) in [5.74, 6) is 1.64. The molecule has 0 bridgehead atoms.